The molecule has 7 nitrogen and oxygen atoms in total. The van der Waals surface area contributed by atoms with Gasteiger partial charge in [0.15, 0.2) is 11.9 Å². The van der Waals surface area contributed by atoms with Gasteiger partial charge < -0.3 is 4.74 Å². The quantitative estimate of drug-likeness (QED) is 0.490. The molecule has 33 heavy (non-hydrogen) atoms. The number of halogens is 2. The Balaban J connectivity index is 1.42. The van der Waals surface area contributed by atoms with E-state index in [9.17, 15) is 22.0 Å². The van der Waals surface area contributed by atoms with E-state index in [-0.39, 0.29) is 29.3 Å². The lowest BCUT2D eigenvalue weighted by molar-refractivity contribution is -0.155. The smallest absolute Gasteiger partial charge is 0.320 e. The summed E-state index contributed by atoms with van der Waals surface area (Å²) in [6.45, 7) is 0.920. The molecule has 0 bridgehead atoms. The zero-order valence-corrected chi connectivity index (χ0v) is 19.1. The van der Waals surface area contributed by atoms with Gasteiger partial charge in [0.05, 0.1) is 21.8 Å². The first-order valence-electron chi connectivity index (χ1n) is 10.7. The van der Waals surface area contributed by atoms with Crippen molar-refractivity contribution in [3.05, 3.63) is 59.9 Å². The van der Waals surface area contributed by atoms with E-state index in [1.807, 2.05) is 6.92 Å². The van der Waals surface area contributed by atoms with Gasteiger partial charge in [-0.2, -0.15) is 13.1 Å². The first-order chi connectivity index (χ1) is 15.7. The van der Waals surface area contributed by atoms with Crippen LogP contribution in [-0.4, -0.2) is 41.3 Å². The SMILES string of the molecule is Cc1ccc(S(=O)(=O)N2CCC(C(=O)OC(C)c3nc4ccccc4n3C(F)F)CC2)cc1. The standard InChI is InChI=1S/C23H25F2N3O4S/c1-15-7-9-18(10-8-15)33(30,31)27-13-11-17(12-14-27)22(29)32-16(2)21-26-19-5-3-4-6-20(19)28(21)23(24)25/h3-10,16-17,23H,11-14H2,1-2H3. The van der Waals surface area contributed by atoms with E-state index in [0.717, 1.165) is 10.1 Å². The fraction of sp³-hybridized carbons (Fsp3) is 0.391. The maximum atomic E-state index is 13.7. The van der Waals surface area contributed by atoms with Gasteiger partial charge >= 0.3 is 12.5 Å². The first-order valence-corrected chi connectivity index (χ1v) is 12.1. The van der Waals surface area contributed by atoms with Crippen LogP contribution in [0.5, 0.6) is 0 Å². The Bertz CT molecular complexity index is 1250. The molecule has 0 spiro atoms. The van der Waals surface area contributed by atoms with Gasteiger partial charge in [-0.05, 0) is 51.0 Å². The number of hydrogen-bond donors (Lipinski definition) is 0. The van der Waals surface area contributed by atoms with E-state index < -0.39 is 34.6 Å². The molecule has 1 aliphatic rings. The number of hydrogen-bond acceptors (Lipinski definition) is 5. The Morgan fingerprint density at radius 3 is 2.36 bits per heavy atom. The molecule has 4 rings (SSSR count). The second-order valence-corrected chi connectivity index (χ2v) is 10.1. The van der Waals surface area contributed by atoms with Gasteiger partial charge in [-0.3, -0.25) is 9.36 Å². The van der Waals surface area contributed by atoms with E-state index in [0.29, 0.717) is 18.4 Å². The number of ether oxygens (including phenoxy) is 1. The molecular formula is C23H25F2N3O4S. The van der Waals surface area contributed by atoms with Gasteiger partial charge in [0.1, 0.15) is 0 Å². The molecule has 1 unspecified atom stereocenters. The number of alkyl halides is 2. The third-order valence-corrected chi connectivity index (χ3v) is 7.83. The number of rotatable bonds is 6. The molecule has 0 amide bonds. The molecular weight excluding hydrogens is 452 g/mol. The summed E-state index contributed by atoms with van der Waals surface area (Å²) in [6, 6.07) is 13.1. The van der Waals surface area contributed by atoms with Gasteiger partial charge in [-0.25, -0.2) is 13.4 Å². The van der Waals surface area contributed by atoms with Crippen LogP contribution in [0.4, 0.5) is 8.78 Å². The number of benzene rings is 2. The van der Waals surface area contributed by atoms with Crippen LogP contribution in [0.3, 0.4) is 0 Å². The third-order valence-electron chi connectivity index (χ3n) is 5.92. The second kappa shape index (κ2) is 9.18. The summed E-state index contributed by atoms with van der Waals surface area (Å²) in [6.07, 6.45) is -0.391. The largest absolute Gasteiger partial charge is 0.454 e. The Morgan fingerprint density at radius 1 is 1.09 bits per heavy atom. The second-order valence-electron chi connectivity index (χ2n) is 8.18. The highest BCUT2D eigenvalue weighted by atomic mass is 32.2. The van der Waals surface area contributed by atoms with Crippen molar-refractivity contribution < 1.29 is 26.7 Å². The molecule has 1 aromatic heterocycles. The summed E-state index contributed by atoms with van der Waals surface area (Å²) in [4.78, 5) is 17.2. The van der Waals surface area contributed by atoms with Crippen LogP contribution in [-0.2, 0) is 19.6 Å². The lowest BCUT2D eigenvalue weighted by Gasteiger charge is -2.30. The zero-order chi connectivity index (χ0) is 23.8. The predicted octanol–water partition coefficient (Wildman–Crippen LogP) is 4.44. The molecule has 1 fully saturated rings. The predicted molar refractivity (Wildman–Crippen MR) is 118 cm³/mol. The third kappa shape index (κ3) is 4.63. The van der Waals surface area contributed by atoms with E-state index in [1.54, 1.807) is 42.5 Å². The summed E-state index contributed by atoms with van der Waals surface area (Å²) in [5, 5.41) is 0. The van der Waals surface area contributed by atoms with E-state index in [4.69, 9.17) is 4.74 Å². The van der Waals surface area contributed by atoms with E-state index in [1.165, 1.54) is 17.3 Å². The van der Waals surface area contributed by atoms with Crippen molar-refractivity contribution in [2.45, 2.75) is 44.2 Å². The fourth-order valence-electron chi connectivity index (χ4n) is 4.07. The summed E-state index contributed by atoms with van der Waals surface area (Å²) >= 11 is 0. The van der Waals surface area contributed by atoms with Gasteiger partial charge in [0, 0.05) is 13.1 Å². The number of sulfonamides is 1. The number of aryl methyl sites for hydroxylation is 1. The lowest BCUT2D eigenvalue weighted by Crippen LogP contribution is -2.40. The van der Waals surface area contributed by atoms with Gasteiger partial charge in [0.25, 0.3) is 0 Å². The molecule has 0 radical (unpaired) electrons. The van der Waals surface area contributed by atoms with Crippen LogP contribution >= 0.6 is 0 Å². The first kappa shape index (κ1) is 23.3. The van der Waals surface area contributed by atoms with Crippen LogP contribution in [0.15, 0.2) is 53.4 Å². The summed E-state index contributed by atoms with van der Waals surface area (Å²) in [7, 11) is -3.64. The number of carbonyl (C=O) groups excluding carboxylic acids is 1. The molecule has 2 heterocycles. The number of piperidine rings is 1. The summed E-state index contributed by atoms with van der Waals surface area (Å²) < 4.78 is 60.7. The highest BCUT2D eigenvalue weighted by molar-refractivity contribution is 7.89. The van der Waals surface area contributed by atoms with Crippen molar-refractivity contribution in [2.75, 3.05) is 13.1 Å². The van der Waals surface area contributed by atoms with Crippen LogP contribution in [0.25, 0.3) is 11.0 Å². The highest BCUT2D eigenvalue weighted by Crippen LogP contribution is 2.30. The number of para-hydroxylation sites is 2. The molecule has 2 aromatic carbocycles. The zero-order valence-electron chi connectivity index (χ0n) is 18.3. The van der Waals surface area contributed by atoms with Crippen molar-refractivity contribution >= 4 is 27.0 Å². The molecule has 0 N–H and O–H groups in total. The summed E-state index contributed by atoms with van der Waals surface area (Å²) in [5.41, 5.74) is 1.62. The van der Waals surface area contributed by atoms with Gasteiger partial charge in [-0.15, -0.1) is 0 Å². The Labute approximate surface area is 191 Å². The molecule has 10 heteroatoms. The van der Waals surface area contributed by atoms with Crippen LogP contribution in [0.2, 0.25) is 0 Å². The maximum absolute atomic E-state index is 13.7. The number of fused-ring (bicyclic) bond motifs is 1. The van der Waals surface area contributed by atoms with Gasteiger partial charge in [0.2, 0.25) is 10.0 Å². The number of nitrogens with zero attached hydrogens (tertiary/aromatic N) is 3. The topological polar surface area (TPSA) is 81.5 Å². The Kier molecular flexibility index (Phi) is 6.49. The molecule has 1 aliphatic heterocycles. The molecule has 0 aliphatic carbocycles. The van der Waals surface area contributed by atoms with Crippen molar-refractivity contribution in [1.82, 2.24) is 13.9 Å². The van der Waals surface area contributed by atoms with Crippen molar-refractivity contribution in [2.24, 2.45) is 5.92 Å². The fourth-order valence-corrected chi connectivity index (χ4v) is 5.54. The Morgan fingerprint density at radius 2 is 1.73 bits per heavy atom. The minimum atomic E-state index is -3.64. The van der Waals surface area contributed by atoms with Crippen molar-refractivity contribution in [3.63, 3.8) is 0 Å². The number of esters is 1. The van der Waals surface area contributed by atoms with Crippen LogP contribution in [0.1, 0.15) is 43.8 Å². The van der Waals surface area contributed by atoms with E-state index in [2.05, 4.69) is 4.98 Å². The van der Waals surface area contributed by atoms with Crippen LogP contribution < -0.4 is 0 Å². The molecule has 1 atom stereocenters. The average Bonchev–Trinajstić information content (AvgIpc) is 3.19. The minimum absolute atomic E-state index is 0.0288. The minimum Gasteiger partial charge on any atom is -0.454 e. The number of imidazole rings is 1. The van der Waals surface area contributed by atoms with Crippen LogP contribution in [0, 0.1) is 12.8 Å². The molecule has 1 saturated heterocycles. The molecule has 3 aromatic rings. The monoisotopic (exact) mass is 477 g/mol. The molecule has 0 saturated carbocycles. The van der Waals surface area contributed by atoms with Gasteiger partial charge in [-0.1, -0.05) is 29.8 Å². The average molecular weight is 478 g/mol. The van der Waals surface area contributed by atoms with Crippen molar-refractivity contribution in [1.29, 1.82) is 0 Å². The lowest BCUT2D eigenvalue weighted by atomic mass is 9.98. The van der Waals surface area contributed by atoms with Crippen molar-refractivity contribution in [3.8, 4) is 0 Å². The normalized spacial score (nSPS) is 16.9. The maximum Gasteiger partial charge on any atom is 0.320 e. The van der Waals surface area contributed by atoms with E-state index >= 15 is 0 Å². The Hall–Kier alpha value is -2.85. The number of aromatic nitrogens is 2. The summed E-state index contributed by atoms with van der Waals surface area (Å²) in [5.74, 6) is -1.08. The molecule has 176 valence electrons. The highest BCUT2D eigenvalue weighted by Gasteiger charge is 2.34. The number of carbonyl (C=O) groups is 1.